The molecular formula is C52H67FN2O14. The Morgan fingerprint density at radius 2 is 1.43 bits per heavy atom. The summed E-state index contributed by atoms with van der Waals surface area (Å²) in [6.45, 7) is 6.17. The van der Waals surface area contributed by atoms with Gasteiger partial charge in [0.2, 0.25) is 23.4 Å². The summed E-state index contributed by atoms with van der Waals surface area (Å²) in [6.07, 6.45) is 8.98. The molecule has 5 N–H and O–H groups in total. The van der Waals surface area contributed by atoms with Crippen LogP contribution in [0.4, 0.5) is 4.39 Å². The third-order valence-electron chi connectivity index (χ3n) is 19.3. The van der Waals surface area contributed by atoms with Crippen molar-refractivity contribution in [3.05, 3.63) is 47.6 Å². The SMILES string of the molecule is CC1CC2C3CCC4=CC(=O)C=CC4(C)C3(F)C(O)CC2(C)C1(O)C(=O)COC(=O)CCC(=O)NCC(=O)N(C)CC(=O)OCC(=O)C1(O)CCC2C3CCC4=CC(=O)C=CC4(C)C3C(O)CC21C. The molecule has 15 unspecified atom stereocenters. The number of hydrogen-bond donors (Lipinski definition) is 5. The Morgan fingerprint density at radius 1 is 0.797 bits per heavy atom. The number of aliphatic hydroxyl groups excluding tert-OH is 2. The van der Waals surface area contributed by atoms with Crippen LogP contribution in [0.2, 0.25) is 0 Å². The lowest BCUT2D eigenvalue weighted by atomic mass is 9.44. The van der Waals surface area contributed by atoms with E-state index in [1.165, 1.54) is 25.3 Å². The van der Waals surface area contributed by atoms with Crippen molar-refractivity contribution in [1.29, 1.82) is 0 Å². The number of alkyl halides is 1. The highest BCUT2D eigenvalue weighted by atomic mass is 19.1. The van der Waals surface area contributed by atoms with Gasteiger partial charge in [0.15, 0.2) is 30.4 Å². The number of carbonyl (C=O) groups is 8. The van der Waals surface area contributed by atoms with Crippen molar-refractivity contribution in [2.24, 2.45) is 57.2 Å². The highest BCUT2D eigenvalue weighted by Crippen LogP contribution is 2.71. The van der Waals surface area contributed by atoms with Crippen LogP contribution in [0.25, 0.3) is 0 Å². The van der Waals surface area contributed by atoms with E-state index in [-0.39, 0.29) is 55.0 Å². The topological polar surface area (TPSA) is 251 Å². The second-order valence-electron chi connectivity index (χ2n) is 22.5. The molecule has 6 fully saturated rings. The molecule has 69 heavy (non-hydrogen) atoms. The van der Waals surface area contributed by atoms with Crippen LogP contribution >= 0.6 is 0 Å². The molecule has 15 atom stereocenters. The van der Waals surface area contributed by atoms with Gasteiger partial charge >= 0.3 is 11.9 Å². The van der Waals surface area contributed by atoms with Gasteiger partial charge in [-0.3, -0.25) is 38.4 Å². The van der Waals surface area contributed by atoms with Crippen molar-refractivity contribution >= 4 is 46.9 Å². The smallest absolute Gasteiger partial charge is 0.326 e. The largest absolute Gasteiger partial charge is 0.458 e. The normalized spacial score (nSPS) is 42.5. The first-order chi connectivity index (χ1) is 32.2. The number of nitrogens with zero attached hydrogens (tertiary/aromatic N) is 1. The minimum atomic E-state index is -2.15. The van der Waals surface area contributed by atoms with Crippen LogP contribution in [0, 0.1) is 57.2 Å². The highest BCUT2D eigenvalue weighted by molar-refractivity contribution is 6.02. The van der Waals surface area contributed by atoms with E-state index in [4.69, 9.17) is 9.47 Å². The van der Waals surface area contributed by atoms with Crippen molar-refractivity contribution < 1.29 is 72.6 Å². The Kier molecular flexibility index (Phi) is 12.9. The summed E-state index contributed by atoms with van der Waals surface area (Å²) in [5, 5.41) is 49.7. The minimum Gasteiger partial charge on any atom is -0.458 e. The summed E-state index contributed by atoms with van der Waals surface area (Å²) >= 11 is 0. The molecule has 0 aromatic carbocycles. The predicted octanol–water partition coefficient (Wildman–Crippen LogP) is 2.92. The molecule has 0 aromatic rings. The molecule has 376 valence electrons. The first-order valence-electron chi connectivity index (χ1n) is 24.5. The number of allylic oxidation sites excluding steroid dienone is 8. The molecule has 8 aliphatic carbocycles. The summed E-state index contributed by atoms with van der Waals surface area (Å²) in [7, 11) is 1.29. The average molecular weight is 963 g/mol. The maximum Gasteiger partial charge on any atom is 0.326 e. The van der Waals surface area contributed by atoms with Gasteiger partial charge in [-0.1, -0.05) is 51.0 Å². The third-order valence-corrected chi connectivity index (χ3v) is 19.3. The Hall–Kier alpha value is -4.71. The average Bonchev–Trinajstić information content (AvgIpc) is 3.68. The number of halogens is 1. The molecule has 0 heterocycles. The maximum absolute atomic E-state index is 17.5. The van der Waals surface area contributed by atoms with E-state index in [1.807, 2.05) is 19.9 Å². The summed E-state index contributed by atoms with van der Waals surface area (Å²) in [4.78, 5) is 104. The van der Waals surface area contributed by atoms with Crippen molar-refractivity contribution in [1.82, 2.24) is 10.2 Å². The first kappa shape index (κ1) is 50.7. The number of hydrogen-bond acceptors (Lipinski definition) is 14. The fourth-order valence-electron chi connectivity index (χ4n) is 15.5. The number of carbonyl (C=O) groups excluding carboxylic acids is 8. The van der Waals surface area contributed by atoms with Gasteiger partial charge in [0, 0.05) is 47.0 Å². The molecule has 0 saturated heterocycles. The number of ether oxygens (including phenoxy) is 2. The van der Waals surface area contributed by atoms with Crippen LogP contribution < -0.4 is 5.32 Å². The van der Waals surface area contributed by atoms with E-state index in [9.17, 15) is 58.8 Å². The summed E-state index contributed by atoms with van der Waals surface area (Å²) < 4.78 is 28.0. The molecule has 8 aliphatic rings. The zero-order valence-electron chi connectivity index (χ0n) is 40.4. The van der Waals surface area contributed by atoms with Crippen molar-refractivity contribution in [3.8, 4) is 0 Å². The number of Topliss-reactive ketones (excluding diaryl/α,β-unsaturated/α-hetero) is 2. The summed E-state index contributed by atoms with van der Waals surface area (Å²) in [5.41, 5.74) is -8.51. The van der Waals surface area contributed by atoms with Gasteiger partial charge in [-0.25, -0.2) is 4.39 Å². The Morgan fingerprint density at radius 3 is 2.14 bits per heavy atom. The molecule has 8 rings (SSSR count). The van der Waals surface area contributed by atoms with Crippen LogP contribution in [0.5, 0.6) is 0 Å². The van der Waals surface area contributed by atoms with E-state index >= 15 is 4.39 Å². The van der Waals surface area contributed by atoms with Crippen LogP contribution in [-0.2, 0) is 47.8 Å². The van der Waals surface area contributed by atoms with E-state index in [0.717, 1.165) is 10.5 Å². The van der Waals surface area contributed by atoms with Crippen LogP contribution in [0.1, 0.15) is 105 Å². The zero-order valence-corrected chi connectivity index (χ0v) is 40.4. The number of esters is 2. The number of aliphatic hydroxyl groups is 4. The van der Waals surface area contributed by atoms with Gasteiger partial charge in [0.25, 0.3) is 0 Å². The molecule has 0 radical (unpaired) electrons. The predicted molar refractivity (Wildman–Crippen MR) is 243 cm³/mol. The Bertz CT molecular complexity index is 2380. The quantitative estimate of drug-likeness (QED) is 0.167. The maximum atomic E-state index is 17.5. The Labute approximate surface area is 401 Å². The van der Waals surface area contributed by atoms with E-state index in [2.05, 4.69) is 5.32 Å². The van der Waals surface area contributed by atoms with Crippen LogP contribution in [-0.4, -0.2) is 135 Å². The van der Waals surface area contributed by atoms with Crippen LogP contribution in [0.15, 0.2) is 47.6 Å². The Balaban J connectivity index is 0.767. The number of amides is 2. The number of nitrogens with one attached hydrogen (secondary N) is 1. The van der Waals surface area contributed by atoms with Crippen molar-refractivity contribution in [2.75, 3.05) is 33.4 Å². The first-order valence-corrected chi connectivity index (χ1v) is 24.5. The second-order valence-corrected chi connectivity index (χ2v) is 22.5. The highest BCUT2D eigenvalue weighted by Gasteiger charge is 2.76. The number of likely N-dealkylation sites (N-methyl/N-ethyl adjacent to an activating group) is 1. The lowest BCUT2D eigenvalue weighted by Crippen LogP contribution is -2.69. The van der Waals surface area contributed by atoms with Crippen molar-refractivity contribution in [3.63, 3.8) is 0 Å². The van der Waals surface area contributed by atoms with Gasteiger partial charge in [0.1, 0.15) is 17.7 Å². The lowest BCUT2D eigenvalue weighted by molar-refractivity contribution is -0.220. The fourth-order valence-corrected chi connectivity index (χ4v) is 15.5. The number of rotatable bonds is 13. The van der Waals surface area contributed by atoms with Gasteiger partial charge < -0.3 is 40.1 Å². The van der Waals surface area contributed by atoms with E-state index in [0.29, 0.717) is 37.7 Å². The summed E-state index contributed by atoms with van der Waals surface area (Å²) in [6, 6.07) is 0. The molecule has 0 bridgehead atoms. The van der Waals surface area contributed by atoms with Gasteiger partial charge in [-0.2, -0.15) is 0 Å². The minimum absolute atomic E-state index is 0.0125. The monoisotopic (exact) mass is 962 g/mol. The second kappa shape index (κ2) is 17.5. The molecular weight excluding hydrogens is 896 g/mol. The van der Waals surface area contributed by atoms with Crippen molar-refractivity contribution in [2.45, 2.75) is 134 Å². The standard InChI is InChI=1S/C52H67FN2O14/c1-28-19-36-35-10-8-30-21-32(57)14-17-47(30,3)51(35,53)38(59)23-49(36,5)52(28,67)40(61)27-68-43(64)12-11-41(62)54-24-42(63)55(6)25-44(65)69-26-39(60)50(66)18-15-34-33-9-7-29-20-31(56)13-16-46(29,2)45(33)37(58)22-48(34,50)4/h13-14,16-17,20-21,28,33-38,45,58-59,66-67H,7-12,15,18-19,22-27H2,1-6H3,(H,54,62). The fraction of sp³-hybridized carbons (Fsp3) is 0.692. The molecule has 0 aromatic heterocycles. The molecule has 0 spiro atoms. The van der Waals surface area contributed by atoms with Gasteiger partial charge in [-0.15, -0.1) is 0 Å². The number of ketones is 4. The molecule has 16 nitrogen and oxygen atoms in total. The molecule has 17 heteroatoms. The van der Waals surface area contributed by atoms with Crippen LogP contribution in [0.3, 0.4) is 0 Å². The molecule has 2 amide bonds. The van der Waals surface area contributed by atoms with E-state index in [1.54, 1.807) is 32.9 Å². The number of fused-ring (bicyclic) bond motifs is 10. The van der Waals surface area contributed by atoms with E-state index < -0.39 is 143 Å². The third kappa shape index (κ3) is 7.65. The zero-order chi connectivity index (χ0) is 50.4. The lowest BCUT2D eigenvalue weighted by Gasteiger charge is -2.62. The molecule has 6 saturated carbocycles. The summed E-state index contributed by atoms with van der Waals surface area (Å²) in [5.74, 6) is -7.31. The van der Waals surface area contributed by atoms with Gasteiger partial charge in [-0.05, 0) is 113 Å². The molecule has 0 aliphatic heterocycles. The van der Waals surface area contributed by atoms with Gasteiger partial charge in [0.05, 0.1) is 25.2 Å².